The van der Waals surface area contributed by atoms with Crippen molar-refractivity contribution < 1.29 is 0 Å². The van der Waals surface area contributed by atoms with Gasteiger partial charge in [0.2, 0.25) is 0 Å². The summed E-state index contributed by atoms with van der Waals surface area (Å²) in [6.07, 6.45) is 7.34. The molecule has 0 radical (unpaired) electrons. The van der Waals surface area contributed by atoms with Crippen molar-refractivity contribution >= 4 is 16.3 Å². The van der Waals surface area contributed by atoms with Crippen LogP contribution < -0.4 is 0 Å². The molecule has 0 aromatic heterocycles. The molecule has 0 spiro atoms. The molecule has 0 amide bonds. The van der Waals surface area contributed by atoms with Crippen LogP contribution in [0.25, 0.3) is 16.3 Å². The maximum atomic E-state index is 2.50. The minimum absolute atomic E-state index is 0.468. The molecule has 0 fully saturated rings. The maximum Gasteiger partial charge on any atom is -0.0106 e. The zero-order valence-electron chi connectivity index (χ0n) is 13.8. The Morgan fingerprint density at radius 2 is 1.90 bits per heavy atom. The Balaban J connectivity index is 2.23. The quantitative estimate of drug-likeness (QED) is 0.604. The van der Waals surface area contributed by atoms with Gasteiger partial charge in [0.15, 0.2) is 0 Å². The number of benzene rings is 2. The van der Waals surface area contributed by atoms with Gasteiger partial charge in [0, 0.05) is 0 Å². The fraction of sp³-hybridized carbons (Fsp3) is 0.429. The van der Waals surface area contributed by atoms with Crippen LogP contribution in [0.15, 0.2) is 36.4 Å². The third kappa shape index (κ3) is 2.64. The molecule has 21 heavy (non-hydrogen) atoms. The van der Waals surface area contributed by atoms with Crippen molar-refractivity contribution in [1.29, 1.82) is 0 Å². The van der Waals surface area contributed by atoms with E-state index in [4.69, 9.17) is 0 Å². The molecule has 0 bridgehead atoms. The first-order chi connectivity index (χ1) is 10.0. The van der Waals surface area contributed by atoms with E-state index in [0.29, 0.717) is 5.41 Å². The molecule has 0 saturated heterocycles. The summed E-state index contributed by atoms with van der Waals surface area (Å²) in [6.45, 7) is 9.32. The van der Waals surface area contributed by atoms with Crippen LogP contribution in [0.4, 0.5) is 0 Å². The largest absolute Gasteiger partial charge is 0.0802 e. The number of allylic oxidation sites excluding steroid dienone is 2. The van der Waals surface area contributed by atoms with Crippen molar-refractivity contribution in [3.05, 3.63) is 53.1 Å². The molecule has 1 aliphatic carbocycles. The van der Waals surface area contributed by atoms with Gasteiger partial charge in [-0.25, -0.2) is 0 Å². The average molecular weight is 278 g/mol. The lowest BCUT2D eigenvalue weighted by atomic mass is 9.75. The summed E-state index contributed by atoms with van der Waals surface area (Å²) in [5.41, 5.74) is 6.56. The van der Waals surface area contributed by atoms with Crippen molar-refractivity contribution in [2.75, 3.05) is 0 Å². The van der Waals surface area contributed by atoms with Crippen LogP contribution in [0.3, 0.4) is 0 Å². The first-order valence-electron chi connectivity index (χ1n) is 8.22. The van der Waals surface area contributed by atoms with Gasteiger partial charge in [-0.15, -0.1) is 0 Å². The number of hydrogen-bond acceptors (Lipinski definition) is 0. The van der Waals surface area contributed by atoms with Crippen LogP contribution >= 0.6 is 0 Å². The minimum Gasteiger partial charge on any atom is -0.0802 e. The second-order valence-corrected chi connectivity index (χ2v) is 7.22. The molecule has 0 heterocycles. The number of aryl methyl sites for hydroxylation is 1. The molecule has 0 aliphatic heterocycles. The van der Waals surface area contributed by atoms with Crippen LogP contribution in [0.5, 0.6) is 0 Å². The molecule has 110 valence electrons. The highest BCUT2D eigenvalue weighted by molar-refractivity contribution is 5.96. The number of rotatable bonds is 2. The third-order valence-electron chi connectivity index (χ3n) is 5.03. The first kappa shape index (κ1) is 14.4. The molecule has 0 nitrogen and oxygen atoms in total. The molecule has 3 rings (SSSR count). The Bertz CT molecular complexity index is 701. The Kier molecular flexibility index (Phi) is 3.65. The molecule has 2 aromatic carbocycles. The van der Waals surface area contributed by atoms with Gasteiger partial charge in [-0.1, -0.05) is 57.2 Å². The van der Waals surface area contributed by atoms with Gasteiger partial charge in [0.1, 0.15) is 0 Å². The van der Waals surface area contributed by atoms with E-state index in [1.807, 2.05) is 0 Å². The topological polar surface area (TPSA) is 0 Å². The summed E-state index contributed by atoms with van der Waals surface area (Å²) in [5.74, 6) is 0. The molecule has 2 aromatic rings. The molecular formula is C21H26. The van der Waals surface area contributed by atoms with Gasteiger partial charge in [-0.05, 0) is 71.1 Å². The van der Waals surface area contributed by atoms with Gasteiger partial charge in [-0.3, -0.25) is 0 Å². The third-order valence-corrected chi connectivity index (χ3v) is 5.03. The van der Waals surface area contributed by atoms with Gasteiger partial charge in [0.25, 0.3) is 0 Å². The zero-order chi connectivity index (χ0) is 15.0. The highest BCUT2D eigenvalue weighted by atomic mass is 14.3. The lowest BCUT2D eigenvalue weighted by molar-refractivity contribution is 0.335. The van der Waals surface area contributed by atoms with E-state index in [1.165, 1.54) is 41.2 Å². The number of fused-ring (bicyclic) bond motifs is 1. The Labute approximate surface area is 128 Å². The smallest absolute Gasteiger partial charge is 0.0106 e. The lowest BCUT2D eigenvalue weighted by Gasteiger charge is -2.30. The summed E-state index contributed by atoms with van der Waals surface area (Å²) in [6, 6.07) is 11.2. The fourth-order valence-corrected chi connectivity index (χ4v) is 3.66. The molecule has 0 unspecified atom stereocenters. The predicted octanol–water partition coefficient (Wildman–Crippen LogP) is 6.30. The van der Waals surface area contributed by atoms with E-state index >= 15 is 0 Å². The van der Waals surface area contributed by atoms with Crippen LogP contribution in [0, 0.1) is 12.3 Å². The highest BCUT2D eigenvalue weighted by Crippen LogP contribution is 2.41. The highest BCUT2D eigenvalue weighted by Gasteiger charge is 2.24. The second-order valence-electron chi connectivity index (χ2n) is 7.22. The van der Waals surface area contributed by atoms with Crippen molar-refractivity contribution in [3.63, 3.8) is 0 Å². The van der Waals surface area contributed by atoms with Gasteiger partial charge in [-0.2, -0.15) is 0 Å². The van der Waals surface area contributed by atoms with Crippen LogP contribution in [-0.2, 0) is 6.42 Å². The summed E-state index contributed by atoms with van der Waals surface area (Å²) < 4.78 is 0. The second kappa shape index (κ2) is 5.33. The van der Waals surface area contributed by atoms with E-state index in [2.05, 4.69) is 64.1 Å². The molecule has 1 aliphatic rings. The maximum absolute atomic E-state index is 2.50. The minimum atomic E-state index is 0.468. The normalized spacial score (nSPS) is 17.8. The van der Waals surface area contributed by atoms with Crippen LogP contribution in [-0.4, -0.2) is 0 Å². The fourth-order valence-electron chi connectivity index (χ4n) is 3.66. The van der Waals surface area contributed by atoms with E-state index in [-0.39, 0.29) is 0 Å². The van der Waals surface area contributed by atoms with Gasteiger partial charge >= 0.3 is 0 Å². The Hall–Kier alpha value is -1.56. The van der Waals surface area contributed by atoms with E-state index < -0.39 is 0 Å². The molecule has 0 N–H and O–H groups in total. The summed E-state index contributed by atoms with van der Waals surface area (Å²) in [7, 11) is 0. The lowest BCUT2D eigenvalue weighted by Crippen LogP contribution is -2.14. The number of hydrogen-bond donors (Lipinski definition) is 0. The SMILES string of the molecule is CCc1c(C)cc2ccccc2c1C1=CCC(C)(C)CC1. The van der Waals surface area contributed by atoms with Crippen molar-refractivity contribution in [2.24, 2.45) is 5.41 Å². The molecule has 0 saturated carbocycles. The average Bonchev–Trinajstić information content (AvgIpc) is 2.46. The molecule has 0 atom stereocenters. The van der Waals surface area contributed by atoms with Crippen molar-refractivity contribution in [1.82, 2.24) is 0 Å². The van der Waals surface area contributed by atoms with Crippen molar-refractivity contribution in [2.45, 2.75) is 53.4 Å². The first-order valence-corrected chi connectivity index (χ1v) is 8.22. The Morgan fingerprint density at radius 3 is 2.57 bits per heavy atom. The monoisotopic (exact) mass is 278 g/mol. The van der Waals surface area contributed by atoms with Crippen molar-refractivity contribution in [3.8, 4) is 0 Å². The van der Waals surface area contributed by atoms with Crippen LogP contribution in [0.1, 0.15) is 56.7 Å². The summed E-state index contributed by atoms with van der Waals surface area (Å²) in [5, 5.41) is 2.82. The summed E-state index contributed by atoms with van der Waals surface area (Å²) >= 11 is 0. The molecule has 0 heteroatoms. The van der Waals surface area contributed by atoms with Gasteiger partial charge < -0.3 is 0 Å². The summed E-state index contributed by atoms with van der Waals surface area (Å²) in [4.78, 5) is 0. The standard InChI is InChI=1S/C21H26/c1-5-18-15(2)14-17-8-6-7-9-19(17)20(18)16-10-12-21(3,4)13-11-16/h6-10,14H,5,11-13H2,1-4H3. The van der Waals surface area contributed by atoms with Crippen LogP contribution in [0.2, 0.25) is 0 Å². The molecular weight excluding hydrogens is 252 g/mol. The Morgan fingerprint density at radius 1 is 1.14 bits per heavy atom. The zero-order valence-corrected chi connectivity index (χ0v) is 13.8. The van der Waals surface area contributed by atoms with E-state index in [9.17, 15) is 0 Å². The predicted molar refractivity (Wildman–Crippen MR) is 93.7 cm³/mol. The van der Waals surface area contributed by atoms with Gasteiger partial charge in [0.05, 0.1) is 0 Å². The van der Waals surface area contributed by atoms with E-state index in [0.717, 1.165) is 6.42 Å². The van der Waals surface area contributed by atoms with E-state index in [1.54, 1.807) is 11.1 Å².